The number of carbonyl (C=O) groups is 1. The van der Waals surface area contributed by atoms with Gasteiger partial charge in [-0.3, -0.25) is 4.79 Å². The Morgan fingerprint density at radius 2 is 1.53 bits per heavy atom. The summed E-state index contributed by atoms with van der Waals surface area (Å²) < 4.78 is 11.6. The van der Waals surface area contributed by atoms with E-state index in [2.05, 4.69) is 0 Å². The Hall–Kier alpha value is -2.66. The summed E-state index contributed by atoms with van der Waals surface area (Å²) in [5.74, 6) is -0.378. The molecule has 0 saturated heterocycles. The Bertz CT molecular complexity index is 960. The van der Waals surface area contributed by atoms with Crippen LogP contribution in [0.15, 0.2) is 78.9 Å². The van der Waals surface area contributed by atoms with E-state index in [9.17, 15) is 4.79 Å². The molecular weight excluding hydrogens is 398 g/mol. The van der Waals surface area contributed by atoms with Crippen molar-refractivity contribution in [3.8, 4) is 0 Å². The predicted octanol–water partition coefficient (Wildman–Crippen LogP) is 4.85. The van der Waals surface area contributed by atoms with Gasteiger partial charge in [-0.2, -0.15) is 0 Å². The van der Waals surface area contributed by atoms with E-state index in [1.165, 1.54) is 0 Å². The predicted molar refractivity (Wildman–Crippen MR) is 120 cm³/mol. The highest BCUT2D eigenvalue weighted by molar-refractivity contribution is 6.31. The van der Waals surface area contributed by atoms with Crippen LogP contribution in [0.3, 0.4) is 0 Å². The van der Waals surface area contributed by atoms with Gasteiger partial charge in [0.2, 0.25) is 0 Å². The van der Waals surface area contributed by atoms with Gasteiger partial charge in [-0.15, -0.1) is 0 Å². The number of carbonyl (C=O) groups excluding carboxylic acids is 1. The Kier molecular flexibility index (Phi) is 7.63. The zero-order chi connectivity index (χ0) is 21.4. The summed E-state index contributed by atoms with van der Waals surface area (Å²) in [5, 5.41) is 0.522. The second-order valence-corrected chi connectivity index (χ2v) is 7.43. The van der Waals surface area contributed by atoms with E-state index in [0.29, 0.717) is 23.7 Å². The Labute approximate surface area is 182 Å². The van der Waals surface area contributed by atoms with Crippen molar-refractivity contribution >= 4 is 17.6 Å². The maximum absolute atomic E-state index is 12.9. The summed E-state index contributed by atoms with van der Waals surface area (Å²) in [5.41, 5.74) is 7.73. The monoisotopic (exact) mass is 423 g/mol. The highest BCUT2D eigenvalue weighted by Crippen LogP contribution is 2.43. The molecule has 5 heteroatoms. The molecule has 3 rings (SSSR count). The van der Waals surface area contributed by atoms with Gasteiger partial charge in [-0.25, -0.2) is 0 Å². The normalized spacial score (nSPS) is 12.9. The van der Waals surface area contributed by atoms with Crippen LogP contribution in [0, 0.1) is 6.92 Å². The number of halogens is 1. The van der Waals surface area contributed by atoms with Gasteiger partial charge in [-0.1, -0.05) is 90.0 Å². The SMILES string of the molecule is Cc1ccc(C(OC(=O)CCOCCN)(c2ccccc2)c2ccccc2Cl)cc1. The van der Waals surface area contributed by atoms with E-state index in [-0.39, 0.29) is 19.0 Å². The average Bonchev–Trinajstić information content (AvgIpc) is 2.77. The zero-order valence-corrected chi connectivity index (χ0v) is 17.8. The van der Waals surface area contributed by atoms with Crippen LogP contribution in [0.4, 0.5) is 0 Å². The van der Waals surface area contributed by atoms with E-state index < -0.39 is 5.60 Å². The molecule has 0 aliphatic heterocycles. The van der Waals surface area contributed by atoms with Crippen LogP contribution >= 0.6 is 11.6 Å². The van der Waals surface area contributed by atoms with Gasteiger partial charge in [0.1, 0.15) is 0 Å². The van der Waals surface area contributed by atoms with Crippen molar-refractivity contribution in [2.45, 2.75) is 18.9 Å². The van der Waals surface area contributed by atoms with E-state index in [0.717, 1.165) is 16.7 Å². The average molecular weight is 424 g/mol. The first-order valence-electron chi connectivity index (χ1n) is 9.95. The molecule has 0 aliphatic carbocycles. The molecule has 156 valence electrons. The van der Waals surface area contributed by atoms with Gasteiger partial charge in [0.15, 0.2) is 5.60 Å². The smallest absolute Gasteiger partial charge is 0.309 e. The number of esters is 1. The lowest BCUT2D eigenvalue weighted by atomic mass is 9.79. The summed E-state index contributed by atoms with van der Waals surface area (Å²) in [6, 6.07) is 25.1. The molecule has 3 aromatic rings. The molecule has 3 aromatic carbocycles. The van der Waals surface area contributed by atoms with Crippen molar-refractivity contribution < 1.29 is 14.3 Å². The van der Waals surface area contributed by atoms with Gasteiger partial charge in [0, 0.05) is 28.3 Å². The number of nitrogens with two attached hydrogens (primary N) is 1. The van der Waals surface area contributed by atoms with Crippen molar-refractivity contribution in [2.75, 3.05) is 19.8 Å². The Morgan fingerprint density at radius 1 is 0.900 bits per heavy atom. The molecule has 1 atom stereocenters. The molecule has 2 N–H and O–H groups in total. The second kappa shape index (κ2) is 10.4. The number of benzene rings is 3. The van der Waals surface area contributed by atoms with Crippen molar-refractivity contribution in [1.29, 1.82) is 0 Å². The maximum Gasteiger partial charge on any atom is 0.309 e. The molecule has 0 radical (unpaired) electrons. The first-order valence-corrected chi connectivity index (χ1v) is 10.3. The number of rotatable bonds is 9. The Balaban J connectivity index is 2.13. The van der Waals surface area contributed by atoms with Crippen LogP contribution in [0.1, 0.15) is 28.7 Å². The van der Waals surface area contributed by atoms with Crippen LogP contribution < -0.4 is 5.73 Å². The van der Waals surface area contributed by atoms with E-state index in [1.807, 2.05) is 79.7 Å². The fourth-order valence-electron chi connectivity index (χ4n) is 3.42. The summed E-state index contributed by atoms with van der Waals surface area (Å²) in [4.78, 5) is 12.9. The molecule has 0 spiro atoms. The number of hydrogen-bond donors (Lipinski definition) is 1. The molecule has 30 heavy (non-hydrogen) atoms. The first kappa shape index (κ1) is 22.0. The minimum atomic E-state index is -1.18. The summed E-state index contributed by atoms with van der Waals surface area (Å²) in [7, 11) is 0. The molecule has 0 bridgehead atoms. The lowest BCUT2D eigenvalue weighted by Crippen LogP contribution is -2.36. The lowest BCUT2D eigenvalue weighted by Gasteiger charge is -2.36. The zero-order valence-electron chi connectivity index (χ0n) is 17.0. The van der Waals surface area contributed by atoms with Gasteiger partial charge < -0.3 is 15.2 Å². The van der Waals surface area contributed by atoms with Gasteiger partial charge in [0.25, 0.3) is 0 Å². The second-order valence-electron chi connectivity index (χ2n) is 7.02. The van der Waals surface area contributed by atoms with E-state index >= 15 is 0 Å². The fraction of sp³-hybridized carbons (Fsp3) is 0.240. The summed E-state index contributed by atoms with van der Waals surface area (Å²) in [6.45, 7) is 3.08. The minimum Gasteiger partial charge on any atom is -0.444 e. The van der Waals surface area contributed by atoms with E-state index in [1.54, 1.807) is 6.07 Å². The molecule has 0 saturated carbocycles. The number of hydrogen-bond acceptors (Lipinski definition) is 4. The van der Waals surface area contributed by atoms with Gasteiger partial charge >= 0.3 is 5.97 Å². The molecule has 0 aliphatic rings. The molecule has 0 heterocycles. The molecule has 0 fully saturated rings. The first-order chi connectivity index (χ1) is 14.6. The van der Waals surface area contributed by atoms with Crippen molar-refractivity contribution in [3.05, 3.63) is 106 Å². The topological polar surface area (TPSA) is 61.5 Å². The molecular formula is C25H26ClNO3. The van der Waals surface area contributed by atoms with Crippen molar-refractivity contribution in [1.82, 2.24) is 0 Å². The molecule has 0 amide bonds. The van der Waals surface area contributed by atoms with Crippen LogP contribution in [0.5, 0.6) is 0 Å². The standard InChI is InChI=1S/C25H26ClNO3/c1-19-11-13-21(14-12-19)25(20-7-3-2-4-8-20,22-9-5-6-10-23(22)26)30-24(28)15-17-29-18-16-27/h2-14H,15-18,27H2,1H3. The van der Waals surface area contributed by atoms with Crippen molar-refractivity contribution in [3.63, 3.8) is 0 Å². The highest BCUT2D eigenvalue weighted by atomic mass is 35.5. The van der Waals surface area contributed by atoms with Gasteiger partial charge in [-0.05, 0) is 13.0 Å². The van der Waals surface area contributed by atoms with Crippen LogP contribution in [-0.4, -0.2) is 25.7 Å². The third kappa shape index (κ3) is 4.90. The summed E-state index contributed by atoms with van der Waals surface area (Å²) in [6.07, 6.45) is 0.116. The quantitative estimate of drug-likeness (QED) is 0.303. The van der Waals surface area contributed by atoms with E-state index in [4.69, 9.17) is 26.8 Å². The van der Waals surface area contributed by atoms with Crippen LogP contribution in [-0.2, 0) is 19.9 Å². The number of aryl methyl sites for hydroxylation is 1. The Morgan fingerprint density at radius 3 is 2.20 bits per heavy atom. The third-order valence-electron chi connectivity index (χ3n) is 4.87. The van der Waals surface area contributed by atoms with Gasteiger partial charge in [0.05, 0.1) is 19.6 Å². The number of ether oxygens (including phenoxy) is 2. The molecule has 4 nitrogen and oxygen atoms in total. The third-order valence-corrected chi connectivity index (χ3v) is 5.20. The summed E-state index contributed by atoms with van der Waals surface area (Å²) >= 11 is 6.64. The largest absolute Gasteiger partial charge is 0.444 e. The maximum atomic E-state index is 12.9. The molecule has 1 unspecified atom stereocenters. The van der Waals surface area contributed by atoms with Crippen LogP contribution in [0.25, 0.3) is 0 Å². The minimum absolute atomic E-state index is 0.116. The molecule has 0 aromatic heterocycles. The fourth-order valence-corrected chi connectivity index (χ4v) is 3.69. The highest BCUT2D eigenvalue weighted by Gasteiger charge is 2.41. The lowest BCUT2D eigenvalue weighted by molar-refractivity contribution is -0.154. The van der Waals surface area contributed by atoms with Crippen molar-refractivity contribution in [2.24, 2.45) is 5.73 Å². The van der Waals surface area contributed by atoms with Crippen LogP contribution in [0.2, 0.25) is 5.02 Å².